The van der Waals surface area contributed by atoms with Crippen molar-refractivity contribution in [2.45, 2.75) is 33.6 Å². The molecule has 0 spiro atoms. The van der Waals surface area contributed by atoms with E-state index in [0.29, 0.717) is 11.6 Å². The van der Waals surface area contributed by atoms with Crippen molar-refractivity contribution >= 4 is 11.3 Å². The van der Waals surface area contributed by atoms with E-state index >= 15 is 0 Å². The number of hydrogen-bond acceptors (Lipinski definition) is 1. The molecule has 0 amide bonds. The molecule has 114 valence electrons. The molecular formula is C21H25N. The van der Waals surface area contributed by atoms with Crippen LogP contribution in [0.25, 0.3) is 5.57 Å². The molecular weight excluding hydrogens is 266 g/mol. The zero-order chi connectivity index (χ0) is 15.9. The molecule has 0 saturated heterocycles. The molecule has 1 aromatic rings. The highest BCUT2D eigenvalue weighted by molar-refractivity contribution is 5.98. The molecule has 0 heterocycles. The maximum absolute atomic E-state index is 7.84. The van der Waals surface area contributed by atoms with Gasteiger partial charge in [0.2, 0.25) is 0 Å². The van der Waals surface area contributed by atoms with Gasteiger partial charge in [-0.25, -0.2) is 0 Å². The van der Waals surface area contributed by atoms with Crippen LogP contribution in [-0.4, -0.2) is 5.71 Å². The van der Waals surface area contributed by atoms with Gasteiger partial charge in [0, 0.05) is 5.71 Å². The molecule has 2 rings (SSSR count). The van der Waals surface area contributed by atoms with Crippen LogP contribution < -0.4 is 0 Å². The maximum Gasteiger partial charge on any atom is 0.0312 e. The number of rotatable bonds is 5. The summed E-state index contributed by atoms with van der Waals surface area (Å²) < 4.78 is 0. The summed E-state index contributed by atoms with van der Waals surface area (Å²) in [5.41, 5.74) is 5.53. The molecule has 0 saturated carbocycles. The van der Waals surface area contributed by atoms with Crippen molar-refractivity contribution in [2.75, 3.05) is 0 Å². The summed E-state index contributed by atoms with van der Waals surface area (Å²) in [4.78, 5) is 0. The first-order valence-corrected chi connectivity index (χ1v) is 7.90. The lowest BCUT2D eigenvalue weighted by atomic mass is 9.89. The van der Waals surface area contributed by atoms with Gasteiger partial charge in [-0.05, 0) is 62.3 Å². The van der Waals surface area contributed by atoms with Gasteiger partial charge in [0.25, 0.3) is 0 Å². The van der Waals surface area contributed by atoms with Crippen LogP contribution in [0.2, 0.25) is 0 Å². The van der Waals surface area contributed by atoms with E-state index in [4.69, 9.17) is 5.41 Å². The van der Waals surface area contributed by atoms with Gasteiger partial charge < -0.3 is 5.41 Å². The monoisotopic (exact) mass is 291 g/mol. The summed E-state index contributed by atoms with van der Waals surface area (Å²) in [6.07, 6.45) is 13.1. The van der Waals surface area contributed by atoms with E-state index in [-0.39, 0.29) is 0 Å². The molecule has 0 aliphatic heterocycles. The predicted octanol–water partition coefficient (Wildman–Crippen LogP) is 5.97. The predicted molar refractivity (Wildman–Crippen MR) is 97.2 cm³/mol. The van der Waals surface area contributed by atoms with E-state index in [2.05, 4.69) is 61.6 Å². The van der Waals surface area contributed by atoms with Gasteiger partial charge in [0.1, 0.15) is 0 Å². The minimum Gasteiger partial charge on any atom is -0.305 e. The Morgan fingerprint density at radius 1 is 1.14 bits per heavy atom. The van der Waals surface area contributed by atoms with E-state index in [1.165, 1.54) is 16.7 Å². The quantitative estimate of drug-likeness (QED) is 0.510. The summed E-state index contributed by atoms with van der Waals surface area (Å²) in [7, 11) is 0. The van der Waals surface area contributed by atoms with Crippen molar-refractivity contribution in [3.8, 4) is 0 Å². The third kappa shape index (κ3) is 4.42. The first kappa shape index (κ1) is 16.2. The average Bonchev–Trinajstić information content (AvgIpc) is 2.54. The Bertz CT molecular complexity index is 642. The number of nitrogens with one attached hydrogen (secondary N) is 1. The first-order valence-electron chi connectivity index (χ1n) is 7.90. The molecule has 1 N–H and O–H groups in total. The molecule has 0 bridgehead atoms. The van der Waals surface area contributed by atoms with Crippen molar-refractivity contribution in [1.29, 1.82) is 5.41 Å². The highest BCUT2D eigenvalue weighted by Crippen LogP contribution is 2.28. The summed E-state index contributed by atoms with van der Waals surface area (Å²) in [6, 6.07) is 10.5. The molecule has 0 radical (unpaired) electrons. The van der Waals surface area contributed by atoms with Crippen molar-refractivity contribution in [3.05, 3.63) is 77.4 Å². The third-order valence-corrected chi connectivity index (χ3v) is 4.13. The third-order valence-electron chi connectivity index (χ3n) is 4.13. The summed E-state index contributed by atoms with van der Waals surface area (Å²) in [6.45, 7) is 6.08. The van der Waals surface area contributed by atoms with Crippen molar-refractivity contribution in [1.82, 2.24) is 0 Å². The van der Waals surface area contributed by atoms with Gasteiger partial charge in [0.05, 0.1) is 0 Å². The zero-order valence-corrected chi connectivity index (χ0v) is 13.8. The molecule has 22 heavy (non-hydrogen) atoms. The Kier molecular flexibility index (Phi) is 5.71. The molecule has 1 aromatic carbocycles. The zero-order valence-electron chi connectivity index (χ0n) is 13.8. The normalized spacial score (nSPS) is 19.0. The smallest absolute Gasteiger partial charge is 0.0312 e. The van der Waals surface area contributed by atoms with Gasteiger partial charge >= 0.3 is 0 Å². The highest BCUT2D eigenvalue weighted by atomic mass is 14.4. The van der Waals surface area contributed by atoms with Crippen LogP contribution in [0.15, 0.2) is 71.9 Å². The van der Waals surface area contributed by atoms with Crippen LogP contribution in [0.1, 0.15) is 39.2 Å². The van der Waals surface area contributed by atoms with Crippen LogP contribution in [0.4, 0.5) is 0 Å². The lowest BCUT2D eigenvalue weighted by Crippen LogP contribution is -2.00. The van der Waals surface area contributed by atoms with Crippen LogP contribution in [0.3, 0.4) is 0 Å². The summed E-state index contributed by atoms with van der Waals surface area (Å²) >= 11 is 0. The second-order valence-corrected chi connectivity index (χ2v) is 6.03. The Morgan fingerprint density at radius 2 is 1.86 bits per heavy atom. The van der Waals surface area contributed by atoms with E-state index < -0.39 is 0 Å². The lowest BCUT2D eigenvalue weighted by Gasteiger charge is -2.16. The molecule has 0 fully saturated rings. The van der Waals surface area contributed by atoms with Crippen molar-refractivity contribution < 1.29 is 0 Å². The molecule has 1 unspecified atom stereocenters. The number of benzene rings is 1. The summed E-state index contributed by atoms with van der Waals surface area (Å²) in [5, 5.41) is 7.84. The fourth-order valence-electron chi connectivity index (χ4n) is 2.68. The Balaban J connectivity index is 2.36. The molecule has 1 heteroatoms. The SMILES string of the molecule is CC(=N)/C(C)=C/C(=C(/C)CC1C=CC=CC1)c1ccccc1. The maximum atomic E-state index is 7.84. The molecule has 1 aliphatic carbocycles. The minimum absolute atomic E-state index is 0.582. The van der Waals surface area contributed by atoms with E-state index in [1.54, 1.807) is 0 Å². The fraction of sp³-hybridized carbons (Fsp3) is 0.286. The van der Waals surface area contributed by atoms with Crippen LogP contribution >= 0.6 is 0 Å². The van der Waals surface area contributed by atoms with Crippen LogP contribution in [-0.2, 0) is 0 Å². The Hall–Kier alpha value is -2.15. The van der Waals surface area contributed by atoms with Gasteiger partial charge in [0.15, 0.2) is 0 Å². The van der Waals surface area contributed by atoms with Crippen molar-refractivity contribution in [3.63, 3.8) is 0 Å². The van der Waals surface area contributed by atoms with E-state index in [0.717, 1.165) is 18.4 Å². The molecule has 0 aromatic heterocycles. The van der Waals surface area contributed by atoms with E-state index in [1.807, 2.05) is 19.9 Å². The van der Waals surface area contributed by atoms with Gasteiger partial charge in [-0.3, -0.25) is 0 Å². The van der Waals surface area contributed by atoms with Crippen LogP contribution in [0, 0.1) is 11.3 Å². The largest absolute Gasteiger partial charge is 0.305 e. The van der Waals surface area contributed by atoms with E-state index in [9.17, 15) is 0 Å². The molecule has 1 aliphatic rings. The standard InChI is InChI=1S/C21H25N/c1-16(18(3)22)15-21(20-12-8-5-9-13-20)17(2)14-19-10-6-4-7-11-19/h4-10,12-13,15,19,22H,11,14H2,1-3H3/b16-15+,21-17+,22-18?. The van der Waals surface area contributed by atoms with Crippen molar-refractivity contribution in [2.24, 2.45) is 5.92 Å². The minimum atomic E-state index is 0.582. The molecule has 1 atom stereocenters. The first-order chi connectivity index (χ1) is 10.6. The highest BCUT2D eigenvalue weighted by Gasteiger charge is 2.10. The topological polar surface area (TPSA) is 23.9 Å². The average molecular weight is 291 g/mol. The Labute approximate surface area is 134 Å². The number of hydrogen-bond donors (Lipinski definition) is 1. The Morgan fingerprint density at radius 3 is 2.45 bits per heavy atom. The second kappa shape index (κ2) is 7.74. The van der Waals surface area contributed by atoms with Gasteiger partial charge in [-0.2, -0.15) is 0 Å². The second-order valence-electron chi connectivity index (χ2n) is 6.03. The van der Waals surface area contributed by atoms with Gasteiger partial charge in [-0.1, -0.05) is 60.2 Å². The number of allylic oxidation sites excluding steroid dienone is 8. The van der Waals surface area contributed by atoms with Crippen LogP contribution in [0.5, 0.6) is 0 Å². The molecule has 1 nitrogen and oxygen atoms in total. The lowest BCUT2D eigenvalue weighted by molar-refractivity contribution is 0.650. The van der Waals surface area contributed by atoms with Gasteiger partial charge in [-0.15, -0.1) is 0 Å². The fourth-order valence-corrected chi connectivity index (χ4v) is 2.68. The summed E-state index contributed by atoms with van der Waals surface area (Å²) in [5.74, 6) is 0.582.